The number of aliphatic hydroxyl groups excluding tert-OH is 1. The highest BCUT2D eigenvalue weighted by Crippen LogP contribution is 2.47. The zero-order valence-corrected chi connectivity index (χ0v) is 20.1. The Bertz CT molecular complexity index is 731. The molecular weight excluding hydrogens is 404 g/mol. The fourth-order valence-corrected chi connectivity index (χ4v) is 5.54. The quantitative estimate of drug-likeness (QED) is 0.363. The van der Waals surface area contributed by atoms with Crippen LogP contribution >= 0.6 is 0 Å². The second-order valence-electron chi connectivity index (χ2n) is 10.5. The van der Waals surface area contributed by atoms with E-state index in [9.17, 15) is 9.90 Å². The fraction of sp³-hybridized carbons (Fsp3) is 0.741. The third-order valence-corrected chi connectivity index (χ3v) is 7.61. The van der Waals surface area contributed by atoms with Gasteiger partial charge in [0.25, 0.3) is 0 Å². The van der Waals surface area contributed by atoms with Crippen molar-refractivity contribution < 1.29 is 24.5 Å². The summed E-state index contributed by atoms with van der Waals surface area (Å²) < 4.78 is 12.1. The molecule has 2 aliphatic heterocycles. The first-order chi connectivity index (χ1) is 15.3. The number of hydrogen-bond donors (Lipinski definition) is 2. The van der Waals surface area contributed by atoms with Crippen molar-refractivity contribution in [3.63, 3.8) is 0 Å². The summed E-state index contributed by atoms with van der Waals surface area (Å²) in [5.74, 6) is 1.01. The lowest BCUT2D eigenvalue weighted by atomic mass is 9.72. The third-order valence-electron chi connectivity index (χ3n) is 7.61. The summed E-state index contributed by atoms with van der Waals surface area (Å²) in [7, 11) is 0. The summed E-state index contributed by atoms with van der Waals surface area (Å²) in [6, 6.07) is 8.20. The molecule has 2 fully saturated rings. The standard InChI is InChI=1S/C27H42O5/c1-4-5-15-27(2,3)25(28)14-11-21-22(24-13-12-23(21)32-24)18-19-8-6-9-20(17-19)31-16-7-10-26(29)30/h6,8-9,17,21-25,28H,4-5,7,10-16,18H2,1-3H3,(H,29,30)/t21-,22-,23-,24+,25?/m0/s1. The summed E-state index contributed by atoms with van der Waals surface area (Å²) in [5.41, 5.74) is 1.21. The second kappa shape index (κ2) is 11.5. The number of carbonyl (C=O) groups is 1. The highest BCUT2D eigenvalue weighted by atomic mass is 16.5. The minimum atomic E-state index is -0.788. The van der Waals surface area contributed by atoms with Crippen molar-refractivity contribution in [2.75, 3.05) is 6.61 Å². The van der Waals surface area contributed by atoms with Gasteiger partial charge in [-0.05, 0) is 79.9 Å². The van der Waals surface area contributed by atoms with Gasteiger partial charge in [-0.25, -0.2) is 0 Å². The molecule has 5 atom stereocenters. The normalized spacial score (nSPS) is 25.8. The molecule has 0 spiro atoms. The van der Waals surface area contributed by atoms with E-state index in [0.29, 0.717) is 37.1 Å². The van der Waals surface area contributed by atoms with E-state index in [4.69, 9.17) is 14.6 Å². The lowest BCUT2D eigenvalue weighted by Crippen LogP contribution is -2.33. The zero-order valence-electron chi connectivity index (χ0n) is 20.1. The van der Waals surface area contributed by atoms with Gasteiger partial charge in [-0.15, -0.1) is 0 Å². The Kier molecular flexibility index (Phi) is 9.01. The van der Waals surface area contributed by atoms with Crippen molar-refractivity contribution in [1.82, 2.24) is 0 Å². The maximum atomic E-state index is 10.9. The number of carboxylic acid groups (broad SMARTS) is 1. The number of carboxylic acids is 1. The summed E-state index contributed by atoms with van der Waals surface area (Å²) in [5, 5.41) is 19.7. The van der Waals surface area contributed by atoms with Gasteiger partial charge in [-0.1, -0.05) is 45.7 Å². The van der Waals surface area contributed by atoms with E-state index in [1.807, 2.05) is 12.1 Å². The molecule has 2 bridgehead atoms. The average Bonchev–Trinajstić information content (AvgIpc) is 3.36. The Hall–Kier alpha value is -1.59. The van der Waals surface area contributed by atoms with Gasteiger partial charge in [0.05, 0.1) is 24.9 Å². The number of ether oxygens (including phenoxy) is 2. The molecule has 0 aromatic heterocycles. The van der Waals surface area contributed by atoms with E-state index in [-0.39, 0.29) is 17.9 Å². The molecule has 0 aliphatic carbocycles. The molecule has 2 aliphatic rings. The van der Waals surface area contributed by atoms with Gasteiger partial charge in [0.2, 0.25) is 0 Å². The highest BCUT2D eigenvalue weighted by molar-refractivity contribution is 5.66. The van der Waals surface area contributed by atoms with Crippen LogP contribution in [0.15, 0.2) is 24.3 Å². The molecule has 1 aromatic rings. The lowest BCUT2D eigenvalue weighted by Gasteiger charge is -2.33. The largest absolute Gasteiger partial charge is 0.494 e. The van der Waals surface area contributed by atoms with Crippen molar-refractivity contribution in [3.8, 4) is 5.75 Å². The van der Waals surface area contributed by atoms with E-state index in [1.54, 1.807) is 0 Å². The van der Waals surface area contributed by atoms with Crippen LogP contribution in [0.25, 0.3) is 0 Å². The number of benzene rings is 1. The molecule has 2 N–H and O–H groups in total. The number of aliphatic carboxylic acids is 1. The van der Waals surface area contributed by atoms with Gasteiger partial charge in [-0.3, -0.25) is 4.79 Å². The predicted molar refractivity (Wildman–Crippen MR) is 126 cm³/mol. The number of fused-ring (bicyclic) bond motifs is 2. The minimum Gasteiger partial charge on any atom is -0.494 e. The summed E-state index contributed by atoms with van der Waals surface area (Å²) >= 11 is 0. The van der Waals surface area contributed by atoms with Crippen LogP contribution in [0.5, 0.6) is 5.75 Å². The highest BCUT2D eigenvalue weighted by Gasteiger charge is 2.48. The van der Waals surface area contributed by atoms with Gasteiger partial charge in [0.1, 0.15) is 5.75 Å². The van der Waals surface area contributed by atoms with Crippen molar-refractivity contribution >= 4 is 5.97 Å². The molecule has 0 amide bonds. The SMILES string of the molecule is CCCCC(C)(C)C(O)CC[C@H]1[C@H](Cc2cccc(OCCCC(=O)O)c2)[C@H]2CC[C@@H]1O2. The smallest absolute Gasteiger partial charge is 0.303 e. The van der Waals surface area contributed by atoms with Gasteiger partial charge in [0.15, 0.2) is 0 Å². The van der Waals surface area contributed by atoms with Crippen LogP contribution in [0, 0.1) is 17.3 Å². The Morgan fingerprint density at radius 1 is 1.22 bits per heavy atom. The maximum Gasteiger partial charge on any atom is 0.303 e. The van der Waals surface area contributed by atoms with Crippen LogP contribution in [0.3, 0.4) is 0 Å². The van der Waals surface area contributed by atoms with E-state index in [2.05, 4.69) is 32.9 Å². The predicted octanol–water partition coefficient (Wildman–Crippen LogP) is 5.62. The molecule has 2 heterocycles. The Morgan fingerprint density at radius 2 is 1.97 bits per heavy atom. The molecule has 3 rings (SSSR count). The van der Waals surface area contributed by atoms with Gasteiger partial charge in [-0.2, -0.15) is 0 Å². The van der Waals surface area contributed by atoms with Crippen LogP contribution in [-0.2, 0) is 16.0 Å². The Balaban J connectivity index is 1.56. The van der Waals surface area contributed by atoms with Gasteiger partial charge >= 0.3 is 5.97 Å². The zero-order chi connectivity index (χ0) is 23.1. The number of hydrogen-bond acceptors (Lipinski definition) is 4. The molecule has 0 saturated carbocycles. The molecule has 1 unspecified atom stereocenters. The Labute approximate surface area is 193 Å². The molecular formula is C27H42O5. The second-order valence-corrected chi connectivity index (χ2v) is 10.5. The number of unbranched alkanes of at least 4 members (excludes halogenated alkanes) is 1. The van der Waals surface area contributed by atoms with E-state index >= 15 is 0 Å². The van der Waals surface area contributed by atoms with E-state index < -0.39 is 5.97 Å². The molecule has 5 heteroatoms. The Morgan fingerprint density at radius 3 is 2.69 bits per heavy atom. The van der Waals surface area contributed by atoms with Crippen LogP contribution in [0.1, 0.15) is 84.1 Å². The van der Waals surface area contributed by atoms with Crippen LogP contribution in [0.2, 0.25) is 0 Å². The maximum absolute atomic E-state index is 10.9. The number of aliphatic hydroxyl groups is 1. The molecule has 32 heavy (non-hydrogen) atoms. The minimum absolute atomic E-state index is 0.0315. The van der Waals surface area contributed by atoms with Crippen molar-refractivity contribution in [2.24, 2.45) is 17.3 Å². The number of rotatable bonds is 14. The third kappa shape index (κ3) is 6.71. The molecule has 1 aromatic carbocycles. The molecule has 180 valence electrons. The van der Waals surface area contributed by atoms with Crippen molar-refractivity contribution in [3.05, 3.63) is 29.8 Å². The fourth-order valence-electron chi connectivity index (χ4n) is 5.54. The molecule has 0 radical (unpaired) electrons. The topological polar surface area (TPSA) is 76.0 Å². The summed E-state index contributed by atoms with van der Waals surface area (Å²) in [6.07, 6.45) is 9.57. The van der Waals surface area contributed by atoms with Crippen molar-refractivity contribution in [1.29, 1.82) is 0 Å². The first-order valence-electron chi connectivity index (χ1n) is 12.6. The van der Waals surface area contributed by atoms with Crippen molar-refractivity contribution in [2.45, 2.75) is 103 Å². The molecule has 2 saturated heterocycles. The summed E-state index contributed by atoms with van der Waals surface area (Å²) in [6.45, 7) is 7.02. The van der Waals surface area contributed by atoms with Crippen LogP contribution in [-0.4, -0.2) is 41.1 Å². The lowest BCUT2D eigenvalue weighted by molar-refractivity contribution is -0.137. The van der Waals surface area contributed by atoms with Gasteiger partial charge < -0.3 is 19.7 Å². The van der Waals surface area contributed by atoms with E-state index in [0.717, 1.165) is 44.3 Å². The van der Waals surface area contributed by atoms with Gasteiger partial charge in [0, 0.05) is 6.42 Å². The van der Waals surface area contributed by atoms with Crippen LogP contribution in [0.4, 0.5) is 0 Å². The average molecular weight is 447 g/mol. The first-order valence-corrected chi connectivity index (χ1v) is 12.6. The monoisotopic (exact) mass is 446 g/mol. The van der Waals surface area contributed by atoms with E-state index in [1.165, 1.54) is 18.4 Å². The van der Waals surface area contributed by atoms with Crippen LogP contribution < -0.4 is 4.74 Å². The first kappa shape index (κ1) is 25.0. The molecule has 5 nitrogen and oxygen atoms in total. The summed E-state index contributed by atoms with van der Waals surface area (Å²) in [4.78, 5) is 10.7.